The number of nitrogens with zero attached hydrogens (tertiary/aromatic N) is 1. The molecule has 0 spiro atoms. The first-order valence-corrected chi connectivity index (χ1v) is 6.47. The van der Waals surface area contributed by atoms with Crippen LogP contribution in [-0.2, 0) is 16.0 Å². The van der Waals surface area contributed by atoms with Gasteiger partial charge >= 0.3 is 5.97 Å². The Morgan fingerprint density at radius 2 is 1.95 bits per heavy atom. The van der Waals surface area contributed by atoms with E-state index in [4.69, 9.17) is 15.3 Å². The van der Waals surface area contributed by atoms with Gasteiger partial charge in [-0.3, -0.25) is 14.5 Å². The van der Waals surface area contributed by atoms with Gasteiger partial charge in [0.25, 0.3) is 0 Å². The summed E-state index contributed by atoms with van der Waals surface area (Å²) < 4.78 is 5.16. The zero-order valence-electron chi connectivity index (χ0n) is 11.4. The topological polar surface area (TPSA) is 96.8 Å². The molecule has 0 fully saturated rings. The molecule has 0 saturated carbocycles. The van der Waals surface area contributed by atoms with Gasteiger partial charge in [0.2, 0.25) is 5.91 Å². The first kappa shape index (κ1) is 14.6. The van der Waals surface area contributed by atoms with Crippen LogP contribution in [0.1, 0.15) is 12.2 Å². The fraction of sp³-hybridized carbons (Fsp3) is 0.200. The molecular weight excluding hydrogens is 272 g/mol. The van der Waals surface area contributed by atoms with Gasteiger partial charge in [0.05, 0.1) is 17.6 Å². The molecule has 0 aliphatic carbocycles. The quantitative estimate of drug-likeness (QED) is 0.791. The molecule has 0 radical (unpaired) electrons. The molecule has 0 atom stereocenters. The van der Waals surface area contributed by atoms with Crippen LogP contribution in [-0.4, -0.2) is 23.5 Å². The number of furan rings is 1. The van der Waals surface area contributed by atoms with E-state index in [0.29, 0.717) is 23.6 Å². The minimum absolute atomic E-state index is 0.148. The van der Waals surface area contributed by atoms with Crippen molar-refractivity contribution in [3.8, 4) is 0 Å². The lowest BCUT2D eigenvalue weighted by molar-refractivity contribution is -0.136. The molecule has 3 N–H and O–H groups in total. The standard InChI is InChI=1S/C15H16N2O4/c16-12-5-1-2-6-13(12)17(10-15(19)20)14(18)8-7-11-4-3-9-21-11/h1-6,9H,7-8,10,16H2,(H,19,20). The van der Waals surface area contributed by atoms with E-state index in [9.17, 15) is 9.59 Å². The van der Waals surface area contributed by atoms with Crippen LogP contribution in [0.2, 0.25) is 0 Å². The third-order valence-corrected chi connectivity index (χ3v) is 2.99. The fourth-order valence-corrected chi connectivity index (χ4v) is 2.00. The average molecular weight is 288 g/mol. The Bertz CT molecular complexity index is 622. The highest BCUT2D eigenvalue weighted by molar-refractivity contribution is 5.99. The lowest BCUT2D eigenvalue weighted by atomic mass is 10.2. The number of carboxylic acid groups (broad SMARTS) is 1. The minimum Gasteiger partial charge on any atom is -0.480 e. The van der Waals surface area contributed by atoms with Crippen LogP contribution in [0.3, 0.4) is 0 Å². The highest BCUT2D eigenvalue weighted by Crippen LogP contribution is 2.23. The second-order valence-corrected chi connectivity index (χ2v) is 4.51. The van der Waals surface area contributed by atoms with Gasteiger partial charge in [0.15, 0.2) is 0 Å². The number of benzene rings is 1. The molecule has 0 aliphatic heterocycles. The van der Waals surface area contributed by atoms with Gasteiger partial charge < -0.3 is 15.3 Å². The number of carboxylic acids is 1. The van der Waals surface area contributed by atoms with Crippen molar-refractivity contribution in [2.45, 2.75) is 12.8 Å². The molecule has 6 nitrogen and oxygen atoms in total. The van der Waals surface area contributed by atoms with Crippen LogP contribution in [0.4, 0.5) is 11.4 Å². The molecule has 0 saturated heterocycles. The molecule has 110 valence electrons. The van der Waals surface area contributed by atoms with E-state index >= 15 is 0 Å². The summed E-state index contributed by atoms with van der Waals surface area (Å²) in [5.41, 5.74) is 6.59. The van der Waals surface area contributed by atoms with Crippen molar-refractivity contribution in [3.05, 3.63) is 48.4 Å². The zero-order chi connectivity index (χ0) is 15.2. The molecule has 21 heavy (non-hydrogen) atoms. The van der Waals surface area contributed by atoms with Crippen molar-refractivity contribution in [2.24, 2.45) is 0 Å². The molecule has 2 aromatic rings. The molecule has 1 amide bonds. The predicted octanol–water partition coefficient (Wildman–Crippen LogP) is 1.91. The van der Waals surface area contributed by atoms with E-state index < -0.39 is 12.5 Å². The van der Waals surface area contributed by atoms with Crippen LogP contribution in [0.15, 0.2) is 47.1 Å². The molecule has 1 heterocycles. The van der Waals surface area contributed by atoms with Gasteiger partial charge in [-0.15, -0.1) is 0 Å². The van der Waals surface area contributed by atoms with Gasteiger partial charge in [0.1, 0.15) is 12.3 Å². The number of amides is 1. The molecular formula is C15H16N2O4. The van der Waals surface area contributed by atoms with Gasteiger partial charge in [-0.1, -0.05) is 12.1 Å². The van der Waals surface area contributed by atoms with Gasteiger partial charge in [-0.25, -0.2) is 0 Å². The van der Waals surface area contributed by atoms with Gasteiger partial charge in [0, 0.05) is 12.8 Å². The number of carbonyl (C=O) groups is 2. The lowest BCUT2D eigenvalue weighted by Crippen LogP contribution is -2.36. The maximum absolute atomic E-state index is 12.3. The Labute approximate surface area is 121 Å². The summed E-state index contributed by atoms with van der Waals surface area (Å²) in [5, 5.41) is 8.98. The van der Waals surface area contributed by atoms with Crippen molar-refractivity contribution in [3.63, 3.8) is 0 Å². The van der Waals surface area contributed by atoms with Crippen molar-refractivity contribution < 1.29 is 19.1 Å². The molecule has 1 aromatic carbocycles. The number of nitrogens with two attached hydrogens (primary N) is 1. The second kappa shape index (κ2) is 6.60. The monoisotopic (exact) mass is 288 g/mol. The Morgan fingerprint density at radius 3 is 2.57 bits per heavy atom. The largest absolute Gasteiger partial charge is 0.480 e. The van der Waals surface area contributed by atoms with Crippen LogP contribution in [0.5, 0.6) is 0 Å². The number of rotatable bonds is 6. The number of nitrogen functional groups attached to an aromatic ring is 1. The zero-order valence-corrected chi connectivity index (χ0v) is 11.4. The molecule has 1 aromatic heterocycles. The highest BCUT2D eigenvalue weighted by atomic mass is 16.4. The summed E-state index contributed by atoms with van der Waals surface area (Å²) in [5.74, 6) is -0.726. The van der Waals surface area contributed by atoms with Gasteiger partial charge in [-0.05, 0) is 24.3 Å². The predicted molar refractivity (Wildman–Crippen MR) is 77.9 cm³/mol. The molecule has 6 heteroatoms. The lowest BCUT2D eigenvalue weighted by Gasteiger charge is -2.22. The van der Waals surface area contributed by atoms with E-state index in [2.05, 4.69) is 0 Å². The summed E-state index contributed by atoms with van der Waals surface area (Å²) >= 11 is 0. The Hall–Kier alpha value is -2.76. The third kappa shape index (κ3) is 3.85. The van der Waals surface area contributed by atoms with Crippen molar-refractivity contribution >= 4 is 23.3 Å². The Kier molecular flexibility index (Phi) is 4.61. The van der Waals surface area contributed by atoms with E-state index in [1.54, 1.807) is 36.4 Å². The SMILES string of the molecule is Nc1ccccc1N(CC(=O)O)C(=O)CCc1ccco1. The van der Waals surface area contributed by atoms with Gasteiger partial charge in [-0.2, -0.15) is 0 Å². The van der Waals surface area contributed by atoms with Crippen LogP contribution in [0, 0.1) is 0 Å². The summed E-state index contributed by atoms with van der Waals surface area (Å²) in [4.78, 5) is 24.5. The average Bonchev–Trinajstić information content (AvgIpc) is 2.96. The highest BCUT2D eigenvalue weighted by Gasteiger charge is 2.20. The number of carbonyl (C=O) groups excluding carboxylic acids is 1. The number of para-hydroxylation sites is 2. The van der Waals surface area contributed by atoms with Crippen molar-refractivity contribution in [2.75, 3.05) is 17.2 Å². The van der Waals surface area contributed by atoms with E-state index in [0.717, 1.165) is 0 Å². The fourth-order valence-electron chi connectivity index (χ4n) is 2.00. The molecule has 0 aliphatic rings. The summed E-state index contributed by atoms with van der Waals surface area (Å²) in [6, 6.07) is 10.2. The van der Waals surface area contributed by atoms with Crippen molar-refractivity contribution in [1.29, 1.82) is 0 Å². The number of hydrogen-bond donors (Lipinski definition) is 2. The third-order valence-electron chi connectivity index (χ3n) is 2.99. The first-order chi connectivity index (χ1) is 10.1. The number of hydrogen-bond acceptors (Lipinski definition) is 4. The Morgan fingerprint density at radius 1 is 1.19 bits per heavy atom. The normalized spacial score (nSPS) is 10.3. The summed E-state index contributed by atoms with van der Waals surface area (Å²) in [6.07, 6.45) is 2.09. The summed E-state index contributed by atoms with van der Waals surface area (Å²) in [7, 11) is 0. The maximum Gasteiger partial charge on any atom is 0.323 e. The first-order valence-electron chi connectivity index (χ1n) is 6.47. The van der Waals surface area contributed by atoms with Crippen LogP contribution < -0.4 is 10.6 Å². The number of aliphatic carboxylic acids is 1. The number of aryl methyl sites for hydroxylation is 1. The maximum atomic E-state index is 12.3. The van der Waals surface area contributed by atoms with E-state index in [1.165, 1.54) is 11.2 Å². The van der Waals surface area contributed by atoms with E-state index in [-0.39, 0.29) is 12.3 Å². The number of anilines is 2. The second-order valence-electron chi connectivity index (χ2n) is 4.51. The minimum atomic E-state index is -1.09. The van der Waals surface area contributed by atoms with Crippen LogP contribution in [0.25, 0.3) is 0 Å². The summed E-state index contributed by atoms with van der Waals surface area (Å²) in [6.45, 7) is -0.425. The smallest absolute Gasteiger partial charge is 0.323 e. The van der Waals surface area contributed by atoms with E-state index in [1.807, 2.05) is 0 Å². The van der Waals surface area contributed by atoms with Crippen molar-refractivity contribution in [1.82, 2.24) is 0 Å². The molecule has 2 rings (SSSR count). The Balaban J connectivity index is 2.13. The molecule has 0 unspecified atom stereocenters. The van der Waals surface area contributed by atoms with Crippen LogP contribution >= 0.6 is 0 Å². The molecule has 0 bridgehead atoms.